The molecule has 0 fully saturated rings. The van der Waals surface area contributed by atoms with Gasteiger partial charge in [-0.05, 0) is 28.1 Å². The van der Waals surface area contributed by atoms with Crippen LogP contribution in [-0.4, -0.2) is 4.98 Å². The van der Waals surface area contributed by atoms with Gasteiger partial charge in [0.1, 0.15) is 0 Å². The topological polar surface area (TPSA) is 26.0 Å². The number of benzene rings is 1. The molecule has 2 aromatic rings. The molecule has 0 bridgehead atoms. The maximum atomic E-state index is 13.3. The van der Waals surface area contributed by atoms with E-state index in [2.05, 4.69) is 20.9 Å². The molecule has 2 nitrogen and oxygen atoms in total. The van der Waals surface area contributed by atoms with Gasteiger partial charge in [0.2, 0.25) is 0 Å². The third kappa shape index (κ3) is 1.43. The van der Waals surface area contributed by atoms with E-state index in [0.717, 1.165) is 12.5 Å². The Hall–Kier alpha value is -1.23. The molecule has 1 aromatic heterocycles. The van der Waals surface area contributed by atoms with Crippen molar-refractivity contribution in [2.45, 2.75) is 0 Å². The van der Waals surface area contributed by atoms with E-state index in [4.69, 9.17) is 4.42 Å². The summed E-state index contributed by atoms with van der Waals surface area (Å²) in [5.41, 5.74) is 0.0440. The fourth-order valence-electron chi connectivity index (χ4n) is 1.09. The summed E-state index contributed by atoms with van der Waals surface area (Å²) in [4.78, 5) is 3.63. The fraction of sp³-hybridized carbons (Fsp3) is 0. The van der Waals surface area contributed by atoms with Crippen molar-refractivity contribution in [2.24, 2.45) is 0 Å². The molecule has 0 aliphatic carbocycles. The van der Waals surface area contributed by atoms with E-state index >= 15 is 0 Å². The first-order chi connectivity index (χ1) is 6.70. The molecule has 1 aromatic carbocycles. The maximum absolute atomic E-state index is 13.3. The normalized spacial score (nSPS) is 10.5. The molecule has 0 N–H and O–H groups in total. The van der Waals surface area contributed by atoms with Crippen LogP contribution in [0.2, 0.25) is 0 Å². The molecule has 5 heteroatoms. The molecule has 0 saturated carbocycles. The van der Waals surface area contributed by atoms with Gasteiger partial charge < -0.3 is 4.42 Å². The van der Waals surface area contributed by atoms with Crippen molar-refractivity contribution in [2.75, 3.05) is 0 Å². The zero-order chi connectivity index (χ0) is 10.1. The number of halogens is 3. The summed E-state index contributed by atoms with van der Waals surface area (Å²) >= 11 is 3.11. The molecule has 0 spiro atoms. The number of hydrogen-bond acceptors (Lipinski definition) is 2. The number of nitrogens with zero attached hydrogens (tertiary/aromatic N) is 1. The third-order valence-corrected chi connectivity index (χ3v) is 2.38. The first kappa shape index (κ1) is 9.33. The van der Waals surface area contributed by atoms with Crippen LogP contribution >= 0.6 is 15.9 Å². The summed E-state index contributed by atoms with van der Waals surface area (Å²) in [6, 6.07) is 2.45. The second-order valence-electron chi connectivity index (χ2n) is 2.58. The summed E-state index contributed by atoms with van der Waals surface area (Å²) in [5.74, 6) is -1.68. The highest BCUT2D eigenvalue weighted by Gasteiger charge is 2.16. The van der Waals surface area contributed by atoms with Crippen molar-refractivity contribution in [3.05, 3.63) is 40.8 Å². The second-order valence-corrected chi connectivity index (χ2v) is 3.44. The summed E-state index contributed by atoms with van der Waals surface area (Å²) in [6.45, 7) is 0. The third-order valence-electron chi connectivity index (χ3n) is 1.72. The van der Waals surface area contributed by atoms with Crippen LogP contribution in [0.5, 0.6) is 0 Å². The van der Waals surface area contributed by atoms with Gasteiger partial charge in [-0.2, -0.15) is 0 Å². The van der Waals surface area contributed by atoms with Gasteiger partial charge in [0.05, 0.1) is 11.8 Å². The predicted octanol–water partition coefficient (Wildman–Crippen LogP) is 3.38. The summed E-state index contributed by atoms with van der Waals surface area (Å²) in [7, 11) is 0. The molecular formula is C9H4BrF2NO. The van der Waals surface area contributed by atoms with Crippen molar-refractivity contribution in [3.63, 3.8) is 0 Å². The molecule has 2 rings (SSSR count). The molecule has 72 valence electrons. The Balaban J connectivity index is 2.69. The van der Waals surface area contributed by atoms with Crippen LogP contribution in [0.15, 0.2) is 33.6 Å². The predicted molar refractivity (Wildman–Crippen MR) is 49.6 cm³/mol. The van der Waals surface area contributed by atoms with Crippen molar-refractivity contribution < 1.29 is 13.2 Å². The Labute approximate surface area is 86.7 Å². The minimum Gasteiger partial charge on any atom is -0.443 e. The van der Waals surface area contributed by atoms with Crippen LogP contribution in [0.4, 0.5) is 8.78 Å². The summed E-state index contributed by atoms with van der Waals surface area (Å²) in [5, 5.41) is 0. The lowest BCUT2D eigenvalue weighted by molar-refractivity contribution is 0.502. The van der Waals surface area contributed by atoms with E-state index in [-0.39, 0.29) is 11.3 Å². The Bertz CT molecular complexity index is 456. The molecule has 0 atom stereocenters. The maximum Gasteiger partial charge on any atom is 0.181 e. The van der Waals surface area contributed by atoms with Gasteiger partial charge in [-0.15, -0.1) is 0 Å². The smallest absolute Gasteiger partial charge is 0.181 e. The number of rotatable bonds is 1. The van der Waals surface area contributed by atoms with Crippen molar-refractivity contribution >= 4 is 15.9 Å². The second kappa shape index (κ2) is 3.49. The Kier molecular flexibility index (Phi) is 2.33. The standard InChI is InChI=1S/C9H4BrF2NO/c10-5-1-2-6(11)9(12)8(5)7-3-13-4-14-7/h1-4H. The lowest BCUT2D eigenvalue weighted by atomic mass is 10.1. The van der Waals surface area contributed by atoms with Gasteiger partial charge in [0, 0.05) is 4.47 Å². The largest absolute Gasteiger partial charge is 0.443 e. The average Bonchev–Trinajstić information content (AvgIpc) is 2.65. The van der Waals surface area contributed by atoms with Gasteiger partial charge in [0.15, 0.2) is 23.8 Å². The summed E-state index contributed by atoms with van der Waals surface area (Å²) in [6.07, 6.45) is 2.48. The van der Waals surface area contributed by atoms with Crippen molar-refractivity contribution in [1.29, 1.82) is 0 Å². The van der Waals surface area contributed by atoms with E-state index in [1.54, 1.807) is 0 Å². The van der Waals surface area contributed by atoms with E-state index < -0.39 is 11.6 Å². The van der Waals surface area contributed by atoms with E-state index in [1.165, 1.54) is 12.3 Å². The van der Waals surface area contributed by atoms with E-state index in [9.17, 15) is 8.78 Å². The molecular weight excluding hydrogens is 256 g/mol. The van der Waals surface area contributed by atoms with Gasteiger partial charge >= 0.3 is 0 Å². The minimum absolute atomic E-state index is 0.0440. The SMILES string of the molecule is Fc1ccc(Br)c(-c2cnco2)c1F. The van der Waals surface area contributed by atoms with Crippen LogP contribution < -0.4 is 0 Å². The molecule has 0 aliphatic rings. The van der Waals surface area contributed by atoms with E-state index in [1.807, 2.05) is 0 Å². The highest BCUT2D eigenvalue weighted by molar-refractivity contribution is 9.10. The average molecular weight is 260 g/mol. The van der Waals surface area contributed by atoms with Crippen molar-refractivity contribution in [3.8, 4) is 11.3 Å². The lowest BCUT2D eigenvalue weighted by Crippen LogP contribution is -1.89. The zero-order valence-corrected chi connectivity index (χ0v) is 8.38. The molecule has 0 amide bonds. The highest BCUT2D eigenvalue weighted by atomic mass is 79.9. The van der Waals surface area contributed by atoms with Gasteiger partial charge in [-0.25, -0.2) is 13.8 Å². The van der Waals surface area contributed by atoms with Crippen LogP contribution in [0.1, 0.15) is 0 Å². The van der Waals surface area contributed by atoms with Gasteiger partial charge in [-0.3, -0.25) is 0 Å². The number of aromatic nitrogens is 1. The van der Waals surface area contributed by atoms with E-state index in [0.29, 0.717) is 4.47 Å². The number of oxazole rings is 1. The van der Waals surface area contributed by atoms with Crippen LogP contribution in [0, 0.1) is 11.6 Å². The van der Waals surface area contributed by atoms with Crippen molar-refractivity contribution in [1.82, 2.24) is 4.98 Å². The highest BCUT2D eigenvalue weighted by Crippen LogP contribution is 2.31. The van der Waals surface area contributed by atoms with Gasteiger partial charge in [0.25, 0.3) is 0 Å². The fourth-order valence-corrected chi connectivity index (χ4v) is 1.59. The van der Waals surface area contributed by atoms with Crippen LogP contribution in [0.3, 0.4) is 0 Å². The quantitative estimate of drug-likeness (QED) is 0.734. The van der Waals surface area contributed by atoms with Crippen LogP contribution in [0.25, 0.3) is 11.3 Å². The first-order valence-electron chi connectivity index (χ1n) is 3.72. The Morgan fingerprint density at radius 2 is 2.07 bits per heavy atom. The van der Waals surface area contributed by atoms with Crippen LogP contribution in [-0.2, 0) is 0 Å². The Morgan fingerprint density at radius 1 is 1.29 bits per heavy atom. The zero-order valence-electron chi connectivity index (χ0n) is 6.80. The molecule has 0 unspecified atom stereocenters. The number of hydrogen-bond donors (Lipinski definition) is 0. The lowest BCUT2D eigenvalue weighted by Gasteiger charge is -2.02. The summed E-state index contributed by atoms with van der Waals surface area (Å²) < 4.78 is 31.5. The monoisotopic (exact) mass is 259 g/mol. The molecule has 0 aliphatic heterocycles. The minimum atomic E-state index is -0.948. The van der Waals surface area contributed by atoms with Gasteiger partial charge in [-0.1, -0.05) is 0 Å². The molecule has 0 saturated heterocycles. The first-order valence-corrected chi connectivity index (χ1v) is 4.52. The molecule has 1 heterocycles. The molecule has 0 radical (unpaired) electrons. The molecule has 14 heavy (non-hydrogen) atoms. The Morgan fingerprint density at radius 3 is 2.71 bits per heavy atom.